The summed E-state index contributed by atoms with van der Waals surface area (Å²) in [5.74, 6) is 0.545. The fraction of sp³-hybridized carbons (Fsp3) is 0.727. The Hall–Kier alpha value is -0.780. The second-order valence-electron chi connectivity index (χ2n) is 7.24. The lowest BCUT2D eigenvalue weighted by Gasteiger charge is -2.18. The molecule has 0 saturated heterocycles. The molecule has 1 unspecified atom stereocenters. The maximum absolute atomic E-state index is 4.28. The molecule has 0 aromatic carbocycles. The maximum Gasteiger partial charge on any atom is -0.0135 e. The molecule has 0 fully saturated rings. The van der Waals surface area contributed by atoms with Crippen LogP contribution in [0.1, 0.15) is 97.8 Å². The highest BCUT2D eigenvalue weighted by atomic mass is 14.2. The van der Waals surface area contributed by atoms with E-state index in [0.29, 0.717) is 5.92 Å². The molecular weight excluding hydrogens is 264 g/mol. The molecule has 0 aliphatic heterocycles. The van der Waals surface area contributed by atoms with Crippen molar-refractivity contribution in [1.29, 1.82) is 0 Å². The van der Waals surface area contributed by atoms with Crippen LogP contribution in [-0.2, 0) is 0 Å². The van der Waals surface area contributed by atoms with Crippen molar-refractivity contribution in [1.82, 2.24) is 0 Å². The predicted octanol–water partition coefficient (Wildman–Crippen LogP) is 8.01. The zero-order chi connectivity index (χ0) is 16.8. The molecule has 1 atom stereocenters. The van der Waals surface area contributed by atoms with E-state index in [1.807, 2.05) is 0 Å². The van der Waals surface area contributed by atoms with Crippen LogP contribution >= 0.6 is 0 Å². The van der Waals surface area contributed by atoms with Gasteiger partial charge in [-0.25, -0.2) is 0 Å². The number of allylic oxidation sites excluding steroid dienone is 3. The standard InChI is InChI=1S/C22H40/c1-7-8-9-10-11-12-13-14-15-16-21(6)18-22(20(4)5)17-19(2)3/h22H,2,4,6-18H2,1,3,5H3. The van der Waals surface area contributed by atoms with E-state index in [9.17, 15) is 0 Å². The molecule has 0 heteroatoms. The first-order valence-corrected chi connectivity index (χ1v) is 9.43. The zero-order valence-electron chi connectivity index (χ0n) is 15.7. The Balaban J connectivity index is 3.63. The van der Waals surface area contributed by atoms with E-state index in [-0.39, 0.29) is 0 Å². The van der Waals surface area contributed by atoms with Gasteiger partial charge in [-0.15, -0.1) is 6.58 Å². The van der Waals surface area contributed by atoms with Crippen LogP contribution in [0.3, 0.4) is 0 Å². The molecule has 0 rings (SSSR count). The predicted molar refractivity (Wildman–Crippen MR) is 103 cm³/mol. The molecule has 0 N–H and O–H groups in total. The summed E-state index contributed by atoms with van der Waals surface area (Å²) in [6.07, 6.45) is 15.9. The Bertz CT molecular complexity index is 321. The van der Waals surface area contributed by atoms with Crippen molar-refractivity contribution in [2.75, 3.05) is 0 Å². The summed E-state index contributed by atoms with van der Waals surface area (Å²) in [4.78, 5) is 0. The van der Waals surface area contributed by atoms with Crippen molar-refractivity contribution < 1.29 is 0 Å². The largest absolute Gasteiger partial charge is 0.100 e. The van der Waals surface area contributed by atoms with Crippen LogP contribution in [0.15, 0.2) is 36.5 Å². The van der Waals surface area contributed by atoms with Gasteiger partial charge in [0.1, 0.15) is 0 Å². The van der Waals surface area contributed by atoms with Crippen LogP contribution in [0.5, 0.6) is 0 Å². The van der Waals surface area contributed by atoms with Gasteiger partial charge >= 0.3 is 0 Å². The number of unbranched alkanes of at least 4 members (excludes halogenated alkanes) is 8. The quantitative estimate of drug-likeness (QED) is 0.212. The molecule has 0 aliphatic carbocycles. The molecule has 0 saturated carbocycles. The second kappa shape index (κ2) is 13.9. The Kier molecular flexibility index (Phi) is 13.4. The summed E-state index contributed by atoms with van der Waals surface area (Å²) < 4.78 is 0. The number of hydrogen-bond donors (Lipinski definition) is 0. The smallest absolute Gasteiger partial charge is 0.0135 e. The van der Waals surface area contributed by atoms with Gasteiger partial charge in [-0.3, -0.25) is 0 Å². The van der Waals surface area contributed by atoms with Crippen molar-refractivity contribution in [3.8, 4) is 0 Å². The van der Waals surface area contributed by atoms with Gasteiger partial charge in [0, 0.05) is 0 Å². The molecular formula is C22H40. The third-order valence-electron chi connectivity index (χ3n) is 4.46. The highest BCUT2D eigenvalue weighted by Crippen LogP contribution is 2.26. The molecule has 0 nitrogen and oxygen atoms in total. The fourth-order valence-corrected chi connectivity index (χ4v) is 2.98. The summed E-state index contributed by atoms with van der Waals surface area (Å²) in [6, 6.07) is 0. The van der Waals surface area contributed by atoms with Crippen LogP contribution < -0.4 is 0 Å². The minimum Gasteiger partial charge on any atom is -0.100 e. The van der Waals surface area contributed by atoms with E-state index in [1.165, 1.54) is 80.9 Å². The summed E-state index contributed by atoms with van der Waals surface area (Å²) in [7, 11) is 0. The van der Waals surface area contributed by atoms with Crippen molar-refractivity contribution >= 4 is 0 Å². The van der Waals surface area contributed by atoms with Crippen LogP contribution in [0.2, 0.25) is 0 Å². The number of rotatable bonds is 15. The Morgan fingerprint density at radius 1 is 0.727 bits per heavy atom. The van der Waals surface area contributed by atoms with Gasteiger partial charge in [0.05, 0.1) is 0 Å². The third-order valence-corrected chi connectivity index (χ3v) is 4.46. The Morgan fingerprint density at radius 2 is 1.23 bits per heavy atom. The van der Waals surface area contributed by atoms with Gasteiger partial charge in [-0.05, 0) is 45.4 Å². The third kappa shape index (κ3) is 12.9. The lowest BCUT2D eigenvalue weighted by molar-refractivity contribution is 0.550. The molecule has 0 radical (unpaired) electrons. The van der Waals surface area contributed by atoms with E-state index in [4.69, 9.17) is 0 Å². The molecule has 0 aromatic rings. The molecule has 0 aromatic heterocycles. The summed E-state index contributed by atoms with van der Waals surface area (Å²) in [6.45, 7) is 19.0. The van der Waals surface area contributed by atoms with Crippen molar-refractivity contribution in [2.45, 2.75) is 97.8 Å². The van der Waals surface area contributed by atoms with Gasteiger partial charge in [0.15, 0.2) is 0 Å². The Morgan fingerprint density at radius 3 is 1.68 bits per heavy atom. The van der Waals surface area contributed by atoms with E-state index >= 15 is 0 Å². The van der Waals surface area contributed by atoms with Gasteiger partial charge < -0.3 is 0 Å². The van der Waals surface area contributed by atoms with Crippen molar-refractivity contribution in [2.24, 2.45) is 5.92 Å². The van der Waals surface area contributed by atoms with Crippen molar-refractivity contribution in [3.05, 3.63) is 36.5 Å². The molecule has 0 aliphatic rings. The molecule has 0 heterocycles. The van der Waals surface area contributed by atoms with E-state index in [0.717, 1.165) is 12.8 Å². The van der Waals surface area contributed by atoms with Crippen LogP contribution in [0.4, 0.5) is 0 Å². The highest BCUT2D eigenvalue weighted by molar-refractivity contribution is 5.09. The minimum absolute atomic E-state index is 0.545. The van der Waals surface area contributed by atoms with Crippen LogP contribution in [-0.4, -0.2) is 0 Å². The average Bonchev–Trinajstić information content (AvgIpc) is 2.44. The fourth-order valence-electron chi connectivity index (χ4n) is 2.98. The lowest BCUT2D eigenvalue weighted by Crippen LogP contribution is -2.03. The van der Waals surface area contributed by atoms with Gasteiger partial charge in [0.25, 0.3) is 0 Å². The minimum atomic E-state index is 0.545. The first-order chi connectivity index (χ1) is 10.5. The second-order valence-corrected chi connectivity index (χ2v) is 7.24. The van der Waals surface area contributed by atoms with Gasteiger partial charge in [0.2, 0.25) is 0 Å². The molecule has 0 amide bonds. The maximum atomic E-state index is 4.28. The Labute approximate surface area is 140 Å². The van der Waals surface area contributed by atoms with E-state index < -0.39 is 0 Å². The summed E-state index contributed by atoms with van der Waals surface area (Å²) in [5.41, 5.74) is 3.93. The first kappa shape index (κ1) is 21.2. The first-order valence-electron chi connectivity index (χ1n) is 9.43. The topological polar surface area (TPSA) is 0 Å². The van der Waals surface area contributed by atoms with E-state index in [1.54, 1.807) is 0 Å². The van der Waals surface area contributed by atoms with Crippen LogP contribution in [0.25, 0.3) is 0 Å². The summed E-state index contributed by atoms with van der Waals surface area (Å²) >= 11 is 0. The normalized spacial score (nSPS) is 12.1. The monoisotopic (exact) mass is 304 g/mol. The zero-order valence-corrected chi connectivity index (χ0v) is 15.7. The average molecular weight is 305 g/mol. The van der Waals surface area contributed by atoms with E-state index in [2.05, 4.69) is 40.5 Å². The molecule has 22 heavy (non-hydrogen) atoms. The van der Waals surface area contributed by atoms with Gasteiger partial charge in [-0.1, -0.05) is 88.2 Å². The lowest BCUT2D eigenvalue weighted by atomic mass is 9.87. The summed E-state index contributed by atoms with van der Waals surface area (Å²) in [5, 5.41) is 0. The molecule has 0 spiro atoms. The van der Waals surface area contributed by atoms with Gasteiger partial charge in [-0.2, -0.15) is 0 Å². The van der Waals surface area contributed by atoms with Crippen LogP contribution in [0, 0.1) is 5.92 Å². The molecule has 0 bridgehead atoms. The SMILES string of the molecule is C=C(C)CC(CC(=C)CCCCCCCCCCC)C(=C)C. The highest BCUT2D eigenvalue weighted by Gasteiger charge is 2.11. The number of hydrogen-bond acceptors (Lipinski definition) is 0. The molecule has 128 valence electrons. The van der Waals surface area contributed by atoms with Crippen molar-refractivity contribution in [3.63, 3.8) is 0 Å².